The zero-order valence-corrected chi connectivity index (χ0v) is 20.8. The quantitative estimate of drug-likeness (QED) is 0.0865. The van der Waals surface area contributed by atoms with Crippen LogP contribution in [0.15, 0.2) is 71.1 Å². The maximum Gasteiger partial charge on any atom is 0.343 e. The number of halogens is 2. The second-order valence-corrected chi connectivity index (χ2v) is 8.84. The Labute approximate surface area is 219 Å². The number of rotatable bonds is 8. The summed E-state index contributed by atoms with van der Waals surface area (Å²) in [4.78, 5) is 27.1. The first kappa shape index (κ1) is 25.1. The Morgan fingerprint density at radius 2 is 1.89 bits per heavy atom. The predicted molar refractivity (Wildman–Crippen MR) is 140 cm³/mol. The van der Waals surface area contributed by atoms with Gasteiger partial charge in [-0.05, 0) is 54.1 Å². The average Bonchev–Trinajstić information content (AvgIpc) is 3.33. The van der Waals surface area contributed by atoms with Crippen LogP contribution in [0.5, 0.6) is 11.5 Å². The molecule has 0 saturated heterocycles. The van der Waals surface area contributed by atoms with Gasteiger partial charge >= 0.3 is 5.97 Å². The van der Waals surface area contributed by atoms with Crippen molar-refractivity contribution in [2.45, 2.75) is 0 Å². The highest BCUT2D eigenvalue weighted by atomic mass is 35.5. The van der Waals surface area contributed by atoms with E-state index in [2.05, 4.69) is 15.5 Å². The van der Waals surface area contributed by atoms with Gasteiger partial charge in [0.2, 0.25) is 5.13 Å². The fourth-order valence-corrected chi connectivity index (χ4v) is 4.20. The number of methoxy groups -OCH3 is 1. The molecule has 0 aliphatic carbocycles. The number of benzene rings is 3. The smallest absolute Gasteiger partial charge is 0.343 e. The van der Waals surface area contributed by atoms with Crippen LogP contribution in [0, 0.1) is 10.1 Å². The first-order chi connectivity index (χ1) is 17.3. The summed E-state index contributed by atoms with van der Waals surface area (Å²) in [7, 11) is 1.44. The highest BCUT2D eigenvalue weighted by Crippen LogP contribution is 2.32. The van der Waals surface area contributed by atoms with E-state index in [1.54, 1.807) is 42.6 Å². The second-order valence-electron chi connectivity index (χ2n) is 7.14. The molecule has 1 aromatic heterocycles. The lowest BCUT2D eigenvalue weighted by Gasteiger charge is -2.10. The van der Waals surface area contributed by atoms with Crippen molar-refractivity contribution in [3.63, 3.8) is 0 Å². The second kappa shape index (κ2) is 11.2. The van der Waals surface area contributed by atoms with E-state index in [4.69, 9.17) is 32.7 Å². The standard InChI is InChI=1S/C24H16Cl2N4O5S/c1-34-22-10-14(2-9-21(22)35-23(31)15-3-6-17(7-4-15)30(32)33)12-27-29-24-28-20(13-36-24)18-8-5-16(25)11-19(18)26/h2-13H,1H3,(H,28,29)/b27-12+. The zero-order chi connectivity index (χ0) is 25.7. The monoisotopic (exact) mass is 542 g/mol. The first-order valence-electron chi connectivity index (χ1n) is 10.2. The Morgan fingerprint density at radius 1 is 1.11 bits per heavy atom. The summed E-state index contributed by atoms with van der Waals surface area (Å²) in [6.07, 6.45) is 1.56. The van der Waals surface area contributed by atoms with Gasteiger partial charge in [-0.15, -0.1) is 11.3 Å². The number of hydrogen-bond acceptors (Lipinski definition) is 9. The van der Waals surface area contributed by atoms with Crippen molar-refractivity contribution in [1.82, 2.24) is 4.98 Å². The van der Waals surface area contributed by atoms with Gasteiger partial charge in [-0.25, -0.2) is 9.78 Å². The van der Waals surface area contributed by atoms with E-state index < -0.39 is 10.9 Å². The van der Waals surface area contributed by atoms with Crippen LogP contribution in [0.1, 0.15) is 15.9 Å². The Hall–Kier alpha value is -3.99. The SMILES string of the molecule is COc1cc(/C=N/Nc2nc(-c3ccc(Cl)cc3Cl)cs2)ccc1OC(=O)c1ccc([N+](=O)[O-])cc1. The van der Waals surface area contributed by atoms with Gasteiger partial charge in [0.05, 0.1) is 34.5 Å². The molecule has 36 heavy (non-hydrogen) atoms. The molecule has 0 aliphatic rings. The van der Waals surface area contributed by atoms with E-state index in [1.165, 1.54) is 42.7 Å². The molecule has 0 atom stereocenters. The average molecular weight is 543 g/mol. The minimum absolute atomic E-state index is 0.121. The molecule has 0 aliphatic heterocycles. The van der Waals surface area contributed by atoms with Crippen molar-refractivity contribution in [2.24, 2.45) is 5.10 Å². The lowest BCUT2D eigenvalue weighted by Crippen LogP contribution is -2.09. The maximum atomic E-state index is 12.4. The molecule has 0 fully saturated rings. The highest BCUT2D eigenvalue weighted by Gasteiger charge is 2.15. The van der Waals surface area contributed by atoms with Gasteiger partial charge in [0, 0.05) is 28.1 Å². The van der Waals surface area contributed by atoms with Crippen molar-refractivity contribution < 1.29 is 19.2 Å². The molecule has 0 amide bonds. The van der Waals surface area contributed by atoms with Gasteiger partial charge < -0.3 is 9.47 Å². The fraction of sp³-hybridized carbons (Fsp3) is 0.0417. The number of ether oxygens (including phenoxy) is 2. The molecule has 12 heteroatoms. The molecule has 0 radical (unpaired) electrons. The van der Waals surface area contributed by atoms with E-state index in [9.17, 15) is 14.9 Å². The van der Waals surface area contributed by atoms with Crippen LogP contribution in [0.25, 0.3) is 11.3 Å². The van der Waals surface area contributed by atoms with Crippen LogP contribution in [0.2, 0.25) is 10.0 Å². The van der Waals surface area contributed by atoms with E-state index in [0.29, 0.717) is 32.2 Å². The van der Waals surface area contributed by atoms with Crippen LogP contribution in [-0.2, 0) is 0 Å². The number of thiazole rings is 1. The lowest BCUT2D eigenvalue weighted by molar-refractivity contribution is -0.384. The molecule has 4 rings (SSSR count). The number of hydrazone groups is 1. The molecule has 1 heterocycles. The zero-order valence-electron chi connectivity index (χ0n) is 18.5. The van der Waals surface area contributed by atoms with Crippen molar-refractivity contribution in [3.05, 3.63) is 97.3 Å². The molecule has 4 aromatic rings. The van der Waals surface area contributed by atoms with Gasteiger partial charge in [0.25, 0.3) is 5.69 Å². The van der Waals surface area contributed by atoms with E-state index in [-0.39, 0.29) is 17.0 Å². The minimum atomic E-state index is -0.674. The van der Waals surface area contributed by atoms with E-state index in [1.807, 2.05) is 5.38 Å². The van der Waals surface area contributed by atoms with Crippen molar-refractivity contribution >= 4 is 57.5 Å². The van der Waals surface area contributed by atoms with E-state index >= 15 is 0 Å². The number of nitrogens with one attached hydrogen (secondary N) is 1. The maximum absolute atomic E-state index is 12.4. The number of esters is 1. The molecular formula is C24H16Cl2N4O5S. The summed E-state index contributed by atoms with van der Waals surface area (Å²) in [6, 6.07) is 15.2. The van der Waals surface area contributed by atoms with Crippen molar-refractivity contribution in [2.75, 3.05) is 12.5 Å². The number of nitro benzene ring substituents is 1. The normalized spacial score (nSPS) is 10.9. The van der Waals surface area contributed by atoms with Gasteiger partial charge in [-0.1, -0.05) is 23.2 Å². The number of nitro groups is 1. The van der Waals surface area contributed by atoms with Crippen LogP contribution < -0.4 is 14.9 Å². The summed E-state index contributed by atoms with van der Waals surface area (Å²) in [5.41, 5.74) is 5.04. The highest BCUT2D eigenvalue weighted by molar-refractivity contribution is 7.14. The van der Waals surface area contributed by atoms with E-state index in [0.717, 1.165) is 5.56 Å². The Kier molecular flexibility index (Phi) is 7.79. The van der Waals surface area contributed by atoms with Gasteiger partial charge in [-0.2, -0.15) is 5.10 Å². The van der Waals surface area contributed by atoms with Gasteiger partial charge in [0.1, 0.15) is 0 Å². The molecule has 1 N–H and O–H groups in total. The van der Waals surface area contributed by atoms with Crippen LogP contribution >= 0.6 is 34.5 Å². The molecule has 9 nitrogen and oxygen atoms in total. The lowest BCUT2D eigenvalue weighted by atomic mass is 10.2. The summed E-state index contributed by atoms with van der Waals surface area (Å²) in [6.45, 7) is 0. The minimum Gasteiger partial charge on any atom is -0.493 e. The number of nitrogens with zero attached hydrogens (tertiary/aromatic N) is 3. The Balaban J connectivity index is 1.41. The largest absolute Gasteiger partial charge is 0.493 e. The van der Waals surface area contributed by atoms with Crippen LogP contribution in [0.3, 0.4) is 0 Å². The number of carbonyl (C=O) groups is 1. The molecule has 0 unspecified atom stereocenters. The van der Waals surface area contributed by atoms with Crippen LogP contribution in [-0.4, -0.2) is 29.2 Å². The third-order valence-electron chi connectivity index (χ3n) is 4.79. The number of carbonyl (C=O) groups excluding carboxylic acids is 1. The summed E-state index contributed by atoms with van der Waals surface area (Å²) in [5, 5.41) is 18.4. The summed E-state index contributed by atoms with van der Waals surface area (Å²) < 4.78 is 10.7. The summed E-state index contributed by atoms with van der Waals surface area (Å²) >= 11 is 13.6. The Morgan fingerprint density at radius 3 is 2.58 bits per heavy atom. The van der Waals surface area contributed by atoms with Gasteiger partial charge in [0.15, 0.2) is 11.5 Å². The molecule has 0 saturated carbocycles. The molecular weight excluding hydrogens is 527 g/mol. The van der Waals surface area contributed by atoms with Crippen LogP contribution in [0.4, 0.5) is 10.8 Å². The molecule has 0 bridgehead atoms. The van der Waals surface area contributed by atoms with Crippen molar-refractivity contribution in [1.29, 1.82) is 0 Å². The van der Waals surface area contributed by atoms with Gasteiger partial charge in [-0.3, -0.25) is 15.5 Å². The molecule has 182 valence electrons. The third kappa shape index (κ3) is 5.98. The summed E-state index contributed by atoms with van der Waals surface area (Å²) in [5.74, 6) is -0.176. The number of aromatic nitrogens is 1. The number of hydrogen-bond donors (Lipinski definition) is 1. The molecule has 3 aromatic carbocycles. The topological polar surface area (TPSA) is 116 Å². The predicted octanol–water partition coefficient (Wildman–Crippen LogP) is 6.70. The number of anilines is 1. The molecule has 0 spiro atoms. The van der Waals surface area contributed by atoms with Crippen molar-refractivity contribution in [3.8, 4) is 22.8 Å². The first-order valence-corrected chi connectivity index (χ1v) is 11.8. The Bertz CT molecular complexity index is 1460. The fourth-order valence-electron chi connectivity index (χ4n) is 3.03. The third-order valence-corrected chi connectivity index (χ3v) is 6.08. The number of non-ortho nitro benzene ring substituents is 1.